The lowest BCUT2D eigenvalue weighted by Gasteiger charge is -2.21. The van der Waals surface area contributed by atoms with E-state index in [9.17, 15) is 4.39 Å². The molecule has 0 aliphatic carbocycles. The van der Waals surface area contributed by atoms with Crippen LogP contribution < -0.4 is 10.5 Å². The topological polar surface area (TPSA) is 35.2 Å². The zero-order valence-corrected chi connectivity index (χ0v) is 12.1. The molecule has 0 heterocycles. The van der Waals surface area contributed by atoms with E-state index in [1.807, 2.05) is 26.8 Å². The molecule has 2 nitrogen and oxygen atoms in total. The lowest BCUT2D eigenvalue weighted by Crippen LogP contribution is -2.20. The van der Waals surface area contributed by atoms with Crippen molar-refractivity contribution in [3.63, 3.8) is 0 Å². The fourth-order valence-electron chi connectivity index (χ4n) is 2.25. The van der Waals surface area contributed by atoms with Crippen molar-refractivity contribution >= 4 is 0 Å². The molecule has 1 unspecified atom stereocenters. The highest BCUT2D eigenvalue weighted by Crippen LogP contribution is 2.29. The Bertz CT molecular complexity index is 610. The van der Waals surface area contributed by atoms with E-state index in [1.54, 1.807) is 18.2 Å². The van der Waals surface area contributed by atoms with E-state index in [1.165, 1.54) is 6.07 Å². The van der Waals surface area contributed by atoms with Crippen LogP contribution in [-0.4, -0.2) is 6.54 Å². The predicted molar refractivity (Wildman–Crippen MR) is 79.5 cm³/mol. The summed E-state index contributed by atoms with van der Waals surface area (Å²) in [6.07, 6.45) is -0.476. The quantitative estimate of drug-likeness (QED) is 0.918. The maximum Gasteiger partial charge on any atom is 0.139 e. The minimum absolute atomic E-state index is 0.230. The molecule has 0 aliphatic heterocycles. The largest absolute Gasteiger partial charge is 0.484 e. The molecular formula is C17H20FNO. The van der Waals surface area contributed by atoms with E-state index in [-0.39, 0.29) is 12.4 Å². The lowest BCUT2D eigenvalue weighted by molar-refractivity contribution is 0.207. The molecule has 2 rings (SSSR count). The number of halogens is 1. The Hall–Kier alpha value is -1.87. The molecule has 0 aromatic heterocycles. The van der Waals surface area contributed by atoms with Crippen molar-refractivity contribution in [3.05, 3.63) is 64.5 Å². The second-order valence-corrected chi connectivity index (χ2v) is 5.07. The van der Waals surface area contributed by atoms with Crippen molar-refractivity contribution in [2.45, 2.75) is 26.9 Å². The van der Waals surface area contributed by atoms with Crippen molar-refractivity contribution in [1.29, 1.82) is 0 Å². The summed E-state index contributed by atoms with van der Waals surface area (Å²) in [6.45, 7) is 6.28. The van der Waals surface area contributed by atoms with E-state index in [0.29, 0.717) is 5.56 Å². The minimum atomic E-state index is -0.476. The molecule has 0 saturated heterocycles. The number of nitrogens with two attached hydrogens (primary N) is 1. The smallest absolute Gasteiger partial charge is 0.139 e. The van der Waals surface area contributed by atoms with Gasteiger partial charge >= 0.3 is 0 Å². The summed E-state index contributed by atoms with van der Waals surface area (Å²) < 4.78 is 19.8. The van der Waals surface area contributed by atoms with Gasteiger partial charge in [-0.15, -0.1) is 0 Å². The average Bonchev–Trinajstić information content (AvgIpc) is 2.42. The molecule has 0 spiro atoms. The highest BCUT2D eigenvalue weighted by molar-refractivity contribution is 5.42. The van der Waals surface area contributed by atoms with Crippen LogP contribution >= 0.6 is 0 Å². The maximum atomic E-state index is 13.9. The van der Waals surface area contributed by atoms with E-state index in [4.69, 9.17) is 10.5 Å². The molecule has 0 amide bonds. The SMILES string of the molecule is Cc1cc(C)c(C)c(OC(CN)c2ccccc2F)c1. The third-order valence-corrected chi connectivity index (χ3v) is 3.50. The molecule has 20 heavy (non-hydrogen) atoms. The number of benzene rings is 2. The number of rotatable bonds is 4. The van der Waals surface area contributed by atoms with E-state index < -0.39 is 6.10 Å². The van der Waals surface area contributed by atoms with Gasteiger partial charge in [0.25, 0.3) is 0 Å². The fraction of sp³-hybridized carbons (Fsp3) is 0.294. The molecule has 106 valence electrons. The first-order valence-corrected chi connectivity index (χ1v) is 6.72. The van der Waals surface area contributed by atoms with Crippen LogP contribution in [0.3, 0.4) is 0 Å². The maximum absolute atomic E-state index is 13.9. The molecule has 2 N–H and O–H groups in total. The first-order chi connectivity index (χ1) is 9.52. The van der Waals surface area contributed by atoms with Crippen LogP contribution in [0.4, 0.5) is 4.39 Å². The van der Waals surface area contributed by atoms with Crippen LogP contribution in [-0.2, 0) is 0 Å². The Kier molecular flexibility index (Phi) is 4.40. The summed E-state index contributed by atoms with van der Waals surface area (Å²) in [5, 5.41) is 0. The number of hydrogen-bond donors (Lipinski definition) is 1. The highest BCUT2D eigenvalue weighted by atomic mass is 19.1. The zero-order chi connectivity index (χ0) is 14.7. The second-order valence-electron chi connectivity index (χ2n) is 5.07. The standard InChI is InChI=1S/C17H20FNO/c1-11-8-12(2)13(3)16(9-11)20-17(10-19)14-6-4-5-7-15(14)18/h4-9,17H,10,19H2,1-3H3. The Balaban J connectivity index is 2.34. The molecule has 2 aromatic rings. The van der Waals surface area contributed by atoms with Gasteiger partial charge in [-0.3, -0.25) is 0 Å². The summed E-state index contributed by atoms with van der Waals surface area (Å²) in [7, 11) is 0. The second kappa shape index (κ2) is 6.06. The summed E-state index contributed by atoms with van der Waals surface area (Å²) in [5.74, 6) is 0.478. The summed E-state index contributed by atoms with van der Waals surface area (Å²) in [5.41, 5.74) is 9.59. The van der Waals surface area contributed by atoms with Gasteiger partial charge in [-0.1, -0.05) is 24.3 Å². The van der Waals surface area contributed by atoms with Crippen LogP contribution in [0.2, 0.25) is 0 Å². The Morgan fingerprint density at radius 1 is 1.15 bits per heavy atom. The van der Waals surface area contributed by atoms with Crippen molar-refractivity contribution in [3.8, 4) is 5.75 Å². The average molecular weight is 273 g/mol. The zero-order valence-electron chi connectivity index (χ0n) is 12.1. The molecule has 0 saturated carbocycles. The van der Waals surface area contributed by atoms with Crippen molar-refractivity contribution in [1.82, 2.24) is 0 Å². The van der Waals surface area contributed by atoms with Gasteiger partial charge in [0.2, 0.25) is 0 Å². The first-order valence-electron chi connectivity index (χ1n) is 6.72. The third-order valence-electron chi connectivity index (χ3n) is 3.50. The van der Waals surface area contributed by atoms with E-state index >= 15 is 0 Å². The van der Waals surface area contributed by atoms with Gasteiger partial charge in [-0.25, -0.2) is 4.39 Å². The number of ether oxygens (including phenoxy) is 1. The van der Waals surface area contributed by atoms with Crippen LogP contribution in [0, 0.1) is 26.6 Å². The van der Waals surface area contributed by atoms with Crippen LogP contribution in [0.15, 0.2) is 36.4 Å². The Morgan fingerprint density at radius 3 is 2.50 bits per heavy atom. The molecule has 1 atom stereocenters. The minimum Gasteiger partial charge on any atom is -0.484 e. The van der Waals surface area contributed by atoms with Gasteiger partial charge in [0, 0.05) is 12.1 Å². The Labute approximate surface area is 119 Å². The summed E-state index contributed by atoms with van der Waals surface area (Å²) >= 11 is 0. The normalized spacial score (nSPS) is 12.2. The Morgan fingerprint density at radius 2 is 1.85 bits per heavy atom. The lowest BCUT2D eigenvalue weighted by atomic mass is 10.0. The van der Waals surface area contributed by atoms with Crippen molar-refractivity contribution in [2.75, 3.05) is 6.54 Å². The van der Waals surface area contributed by atoms with E-state index in [2.05, 4.69) is 6.07 Å². The van der Waals surface area contributed by atoms with Crippen LogP contribution in [0.1, 0.15) is 28.4 Å². The van der Waals surface area contributed by atoms with Crippen LogP contribution in [0.25, 0.3) is 0 Å². The third kappa shape index (κ3) is 2.99. The number of hydrogen-bond acceptors (Lipinski definition) is 2. The van der Waals surface area contributed by atoms with Crippen molar-refractivity contribution in [2.24, 2.45) is 5.73 Å². The van der Waals surface area contributed by atoms with Gasteiger partial charge in [-0.2, -0.15) is 0 Å². The highest BCUT2D eigenvalue weighted by Gasteiger charge is 2.17. The molecule has 0 bridgehead atoms. The molecule has 2 aromatic carbocycles. The van der Waals surface area contributed by atoms with E-state index in [0.717, 1.165) is 22.4 Å². The molecule has 0 fully saturated rings. The molecule has 0 radical (unpaired) electrons. The summed E-state index contributed by atoms with van der Waals surface area (Å²) in [4.78, 5) is 0. The van der Waals surface area contributed by atoms with Crippen molar-refractivity contribution < 1.29 is 9.13 Å². The monoisotopic (exact) mass is 273 g/mol. The first kappa shape index (κ1) is 14.5. The van der Waals surface area contributed by atoms with Gasteiger partial charge in [0.15, 0.2) is 0 Å². The fourth-order valence-corrected chi connectivity index (χ4v) is 2.25. The van der Waals surface area contributed by atoms with Gasteiger partial charge in [0.05, 0.1) is 0 Å². The molecular weight excluding hydrogens is 253 g/mol. The predicted octanol–water partition coefficient (Wildman–Crippen LogP) is 3.83. The molecule has 0 aliphatic rings. The molecule has 3 heteroatoms. The van der Waals surface area contributed by atoms with Gasteiger partial charge < -0.3 is 10.5 Å². The van der Waals surface area contributed by atoms with Gasteiger partial charge in [0.1, 0.15) is 17.7 Å². The number of aryl methyl sites for hydroxylation is 2. The van der Waals surface area contributed by atoms with Gasteiger partial charge in [-0.05, 0) is 49.6 Å². The summed E-state index contributed by atoms with van der Waals surface area (Å²) in [6, 6.07) is 10.7. The van der Waals surface area contributed by atoms with Crippen LogP contribution in [0.5, 0.6) is 5.75 Å².